The first kappa shape index (κ1) is 12.3. The zero-order valence-corrected chi connectivity index (χ0v) is 9.26. The molecule has 0 aliphatic rings. The summed E-state index contributed by atoms with van der Waals surface area (Å²) in [6.45, 7) is 0. The molecule has 1 unspecified atom stereocenters. The van der Waals surface area contributed by atoms with E-state index in [9.17, 15) is 9.81 Å². The van der Waals surface area contributed by atoms with Crippen molar-refractivity contribution in [2.24, 2.45) is 15.7 Å². The third-order valence-electron chi connectivity index (χ3n) is 1.79. The van der Waals surface area contributed by atoms with Crippen molar-refractivity contribution in [2.75, 3.05) is 6.26 Å². The van der Waals surface area contributed by atoms with Crippen molar-refractivity contribution in [3.63, 3.8) is 0 Å². The normalized spacial score (nSPS) is 12.9. The number of hydrogen-bond acceptors (Lipinski definition) is 7. The highest BCUT2D eigenvalue weighted by molar-refractivity contribution is 7.99. The van der Waals surface area contributed by atoms with Crippen LogP contribution >= 0.6 is 11.8 Å². The summed E-state index contributed by atoms with van der Waals surface area (Å²) in [7, 11) is 0. The number of rotatable bonds is 6. The maximum atomic E-state index is 10.6. The Morgan fingerprint density at radius 2 is 2.00 bits per heavy atom. The molecule has 84 valence electrons. The summed E-state index contributed by atoms with van der Waals surface area (Å²) >= 11 is 1.19. The zero-order valence-electron chi connectivity index (χ0n) is 8.44. The maximum absolute atomic E-state index is 10.6. The van der Waals surface area contributed by atoms with Crippen LogP contribution in [0.1, 0.15) is 5.56 Å². The summed E-state index contributed by atoms with van der Waals surface area (Å²) < 4.78 is 0. The van der Waals surface area contributed by atoms with Gasteiger partial charge in [0, 0.05) is 5.56 Å². The highest BCUT2D eigenvalue weighted by Crippen LogP contribution is 2.16. The van der Waals surface area contributed by atoms with Crippen LogP contribution in [0.5, 0.6) is 0 Å². The number of oxime groups is 1. The van der Waals surface area contributed by atoms with E-state index in [2.05, 4.69) is 20.6 Å². The zero-order chi connectivity index (χ0) is 11.8. The highest BCUT2D eigenvalue weighted by atomic mass is 32.2. The third-order valence-corrected chi connectivity index (χ3v) is 2.55. The van der Waals surface area contributed by atoms with E-state index in [0.29, 0.717) is 5.56 Å². The molecular formula is C9H9N3O3S. The Morgan fingerprint density at radius 1 is 1.31 bits per heavy atom. The minimum atomic E-state index is -0.732. The van der Waals surface area contributed by atoms with Crippen LogP contribution in [-0.4, -0.2) is 17.3 Å². The van der Waals surface area contributed by atoms with Gasteiger partial charge in [0.15, 0.2) is 10.7 Å². The molecule has 0 amide bonds. The topological polar surface area (TPSA) is 80.4 Å². The van der Waals surface area contributed by atoms with Crippen LogP contribution in [0.15, 0.2) is 46.0 Å². The van der Waals surface area contributed by atoms with Crippen LogP contribution in [0.25, 0.3) is 0 Å². The molecule has 6 nitrogen and oxygen atoms in total. The minimum Gasteiger partial charge on any atom is -0.206 e. The molecule has 0 saturated heterocycles. The van der Waals surface area contributed by atoms with Crippen LogP contribution < -0.4 is 0 Å². The number of nitroso groups, excluding NO2 is 1. The van der Waals surface area contributed by atoms with Crippen LogP contribution in [0.2, 0.25) is 0 Å². The van der Waals surface area contributed by atoms with E-state index in [4.69, 9.17) is 0 Å². The van der Waals surface area contributed by atoms with Gasteiger partial charge in [0.25, 0.3) is 0 Å². The molecule has 0 radical (unpaired) electrons. The standard InChI is InChI=1S/C9H9N3O3S/c1-16-9(10-13)8(11-15-12-14)7-5-3-2-4-6-7/h2-6,9H,1H3/b11-8-. The lowest BCUT2D eigenvalue weighted by atomic mass is 10.1. The molecule has 0 aliphatic heterocycles. The van der Waals surface area contributed by atoms with Gasteiger partial charge in [-0.1, -0.05) is 30.3 Å². The second-order valence-corrected chi connectivity index (χ2v) is 3.61. The molecule has 0 aliphatic carbocycles. The smallest absolute Gasteiger partial charge is 0.184 e. The first-order valence-corrected chi connectivity index (χ1v) is 5.59. The van der Waals surface area contributed by atoms with Gasteiger partial charge in [0.2, 0.25) is 0 Å². The monoisotopic (exact) mass is 239 g/mol. The van der Waals surface area contributed by atoms with Gasteiger partial charge >= 0.3 is 0 Å². The summed E-state index contributed by atoms with van der Waals surface area (Å²) in [5.41, 5.74) is 0.924. The predicted molar refractivity (Wildman–Crippen MR) is 63.0 cm³/mol. The summed E-state index contributed by atoms with van der Waals surface area (Å²) in [5.74, 6) is 0. The van der Waals surface area contributed by atoms with Crippen molar-refractivity contribution in [2.45, 2.75) is 5.37 Å². The molecule has 0 N–H and O–H groups in total. The van der Waals surface area contributed by atoms with Gasteiger partial charge in [0.1, 0.15) is 5.71 Å². The molecular weight excluding hydrogens is 230 g/mol. The molecule has 0 aromatic heterocycles. The second kappa shape index (κ2) is 6.67. The lowest BCUT2D eigenvalue weighted by Gasteiger charge is -2.07. The van der Waals surface area contributed by atoms with Gasteiger partial charge in [-0.25, -0.2) is 4.94 Å². The van der Waals surface area contributed by atoms with Gasteiger partial charge < -0.3 is 0 Å². The molecule has 16 heavy (non-hydrogen) atoms. The maximum Gasteiger partial charge on any atom is 0.184 e. The highest BCUT2D eigenvalue weighted by Gasteiger charge is 2.18. The Hall–Kier alpha value is -1.76. The fourth-order valence-electron chi connectivity index (χ4n) is 1.11. The minimum absolute atomic E-state index is 0.266. The lowest BCUT2D eigenvalue weighted by molar-refractivity contribution is 0.150. The largest absolute Gasteiger partial charge is 0.206 e. The number of benzene rings is 1. The average molecular weight is 239 g/mol. The fraction of sp³-hybridized carbons (Fsp3) is 0.222. The Bertz CT molecular complexity index is 383. The summed E-state index contributed by atoms with van der Waals surface area (Å²) in [6, 6.07) is 8.86. The van der Waals surface area contributed by atoms with Crippen LogP contribution in [0, 0.1) is 9.81 Å². The van der Waals surface area contributed by atoms with Crippen molar-refractivity contribution in [1.29, 1.82) is 0 Å². The molecule has 1 rings (SSSR count). The van der Waals surface area contributed by atoms with Crippen LogP contribution in [0.4, 0.5) is 0 Å². The second-order valence-electron chi connectivity index (χ2n) is 2.69. The molecule has 0 bridgehead atoms. The first-order valence-electron chi connectivity index (χ1n) is 4.31. The summed E-state index contributed by atoms with van der Waals surface area (Å²) in [4.78, 5) is 24.5. The predicted octanol–water partition coefficient (Wildman–Crippen LogP) is 2.54. The molecule has 0 fully saturated rings. The Morgan fingerprint density at radius 3 is 2.50 bits per heavy atom. The van der Waals surface area contributed by atoms with Gasteiger partial charge in [-0.2, -0.15) is 0 Å². The van der Waals surface area contributed by atoms with Gasteiger partial charge in [-0.3, -0.25) is 0 Å². The Balaban J connectivity index is 3.05. The van der Waals surface area contributed by atoms with E-state index in [1.54, 1.807) is 30.5 Å². The summed E-state index contributed by atoms with van der Waals surface area (Å²) in [5, 5.41) is 7.80. The number of nitrogens with zero attached hydrogens (tertiary/aromatic N) is 3. The Labute approximate surface area is 96.0 Å². The van der Waals surface area contributed by atoms with Gasteiger partial charge in [0.05, 0.1) is 0 Å². The average Bonchev–Trinajstić information content (AvgIpc) is 2.35. The van der Waals surface area contributed by atoms with E-state index in [-0.39, 0.29) is 5.71 Å². The SMILES string of the molecule is CSC(N=O)/C(=N\ON=O)c1ccccc1. The van der Waals surface area contributed by atoms with Crippen molar-refractivity contribution in [1.82, 2.24) is 0 Å². The molecule has 0 saturated carbocycles. The molecule has 0 spiro atoms. The lowest BCUT2D eigenvalue weighted by Crippen LogP contribution is -2.15. The summed E-state index contributed by atoms with van der Waals surface area (Å²) in [6.07, 6.45) is 1.71. The van der Waals surface area contributed by atoms with E-state index in [0.717, 1.165) is 0 Å². The van der Waals surface area contributed by atoms with E-state index >= 15 is 0 Å². The molecule has 1 atom stereocenters. The third kappa shape index (κ3) is 3.13. The van der Waals surface area contributed by atoms with Gasteiger partial charge in [-0.05, 0) is 16.6 Å². The fourth-order valence-corrected chi connectivity index (χ4v) is 1.60. The van der Waals surface area contributed by atoms with E-state index in [1.807, 2.05) is 6.07 Å². The van der Waals surface area contributed by atoms with Crippen molar-refractivity contribution < 1.29 is 4.94 Å². The van der Waals surface area contributed by atoms with Crippen molar-refractivity contribution in [3.05, 3.63) is 45.7 Å². The molecule has 1 aromatic rings. The van der Waals surface area contributed by atoms with Crippen molar-refractivity contribution >= 4 is 17.5 Å². The van der Waals surface area contributed by atoms with Crippen molar-refractivity contribution in [3.8, 4) is 0 Å². The van der Waals surface area contributed by atoms with Crippen LogP contribution in [0.3, 0.4) is 0 Å². The molecule has 7 heteroatoms. The van der Waals surface area contributed by atoms with E-state index < -0.39 is 5.37 Å². The molecule has 0 heterocycles. The van der Waals surface area contributed by atoms with Gasteiger partial charge in [-0.15, -0.1) is 21.6 Å². The quantitative estimate of drug-likeness (QED) is 0.434. The Kier molecular flexibility index (Phi) is 5.13. The van der Waals surface area contributed by atoms with E-state index in [1.165, 1.54) is 11.8 Å². The van der Waals surface area contributed by atoms with Crippen LogP contribution in [-0.2, 0) is 4.94 Å². The number of thioether (sulfide) groups is 1. The first-order chi connectivity index (χ1) is 7.83. The molecule has 1 aromatic carbocycles. The number of hydrogen-bond donors (Lipinski definition) is 0.